The Morgan fingerprint density at radius 3 is 2.86 bits per heavy atom. The van der Waals surface area contributed by atoms with Crippen LogP contribution >= 0.6 is 0 Å². The van der Waals surface area contributed by atoms with Crippen LogP contribution in [0.5, 0.6) is 0 Å². The zero-order chi connectivity index (χ0) is 15.5. The molecule has 6 heteroatoms. The number of rotatable bonds is 4. The van der Waals surface area contributed by atoms with Gasteiger partial charge in [0, 0.05) is 6.54 Å². The van der Waals surface area contributed by atoms with Crippen molar-refractivity contribution in [1.82, 2.24) is 4.72 Å². The van der Waals surface area contributed by atoms with Crippen molar-refractivity contribution in [2.75, 3.05) is 6.54 Å². The van der Waals surface area contributed by atoms with Gasteiger partial charge in [0.15, 0.2) is 0 Å². The third kappa shape index (κ3) is 3.82. The summed E-state index contributed by atoms with van der Waals surface area (Å²) in [5, 5.41) is 19.5. The molecule has 2 atom stereocenters. The van der Waals surface area contributed by atoms with E-state index in [1.807, 2.05) is 6.07 Å². The highest BCUT2D eigenvalue weighted by molar-refractivity contribution is 7.89. The third-order valence-corrected chi connectivity index (χ3v) is 5.42. The Kier molecular flexibility index (Phi) is 4.67. The summed E-state index contributed by atoms with van der Waals surface area (Å²) in [6.07, 6.45) is 3.15. The minimum Gasteiger partial charge on any atom is -0.389 e. The molecule has 1 aliphatic carbocycles. The molecule has 2 N–H and O–H groups in total. The maximum Gasteiger partial charge on any atom is 0.241 e. The highest BCUT2D eigenvalue weighted by Crippen LogP contribution is 2.32. The first kappa shape index (κ1) is 16.0. The fourth-order valence-electron chi connectivity index (χ4n) is 2.89. The maximum atomic E-state index is 12.3. The summed E-state index contributed by atoms with van der Waals surface area (Å²) < 4.78 is 27.1. The first-order valence-corrected chi connectivity index (χ1v) is 8.56. The summed E-state index contributed by atoms with van der Waals surface area (Å²) in [6, 6.07) is 7.93. The summed E-state index contributed by atoms with van der Waals surface area (Å²) in [6.45, 7) is 2.04. The van der Waals surface area contributed by atoms with E-state index in [1.165, 1.54) is 12.1 Å². The molecule has 2 rings (SSSR count). The van der Waals surface area contributed by atoms with Gasteiger partial charge >= 0.3 is 0 Å². The lowest BCUT2D eigenvalue weighted by Gasteiger charge is -2.35. The molecule has 0 spiro atoms. The number of nitriles is 1. The lowest BCUT2D eigenvalue weighted by atomic mass is 9.79. The normalized spacial score (nSPS) is 26.2. The van der Waals surface area contributed by atoms with E-state index in [0.29, 0.717) is 18.8 Å². The monoisotopic (exact) mass is 308 g/mol. The molecule has 1 fully saturated rings. The average molecular weight is 308 g/mol. The van der Waals surface area contributed by atoms with E-state index in [2.05, 4.69) is 11.6 Å². The quantitative estimate of drug-likeness (QED) is 0.887. The zero-order valence-corrected chi connectivity index (χ0v) is 12.9. The van der Waals surface area contributed by atoms with Crippen LogP contribution in [0.15, 0.2) is 29.2 Å². The molecule has 5 nitrogen and oxygen atoms in total. The molecule has 1 aromatic carbocycles. The molecular weight excluding hydrogens is 288 g/mol. The molecule has 0 bridgehead atoms. The fraction of sp³-hybridized carbons (Fsp3) is 0.533. The van der Waals surface area contributed by atoms with E-state index >= 15 is 0 Å². The molecule has 0 saturated heterocycles. The molecule has 21 heavy (non-hydrogen) atoms. The minimum absolute atomic E-state index is 0.0144. The van der Waals surface area contributed by atoms with Crippen molar-refractivity contribution in [2.45, 2.75) is 43.1 Å². The smallest absolute Gasteiger partial charge is 0.241 e. The molecule has 0 aliphatic heterocycles. The predicted octanol–water partition coefficient (Wildman–Crippen LogP) is 1.78. The average Bonchev–Trinajstić information content (AvgIpc) is 2.45. The topological polar surface area (TPSA) is 90.2 Å². The molecule has 1 aromatic rings. The van der Waals surface area contributed by atoms with Gasteiger partial charge in [0.05, 0.1) is 16.1 Å². The van der Waals surface area contributed by atoms with Crippen molar-refractivity contribution in [3.05, 3.63) is 29.8 Å². The largest absolute Gasteiger partial charge is 0.389 e. The van der Waals surface area contributed by atoms with E-state index in [9.17, 15) is 13.5 Å². The number of sulfonamides is 1. The SMILES string of the molecule is CC1CCCC(O)(CNS(=O)(=O)c2ccccc2C#N)C1. The maximum absolute atomic E-state index is 12.3. The fourth-order valence-corrected chi connectivity index (χ4v) is 4.17. The van der Waals surface area contributed by atoms with Gasteiger partial charge in [-0.05, 0) is 30.9 Å². The molecule has 0 aromatic heterocycles. The second kappa shape index (κ2) is 6.14. The Hall–Kier alpha value is -1.42. The highest BCUT2D eigenvalue weighted by Gasteiger charge is 2.34. The Balaban J connectivity index is 2.13. The van der Waals surface area contributed by atoms with Crippen LogP contribution in [0.1, 0.15) is 38.2 Å². The first-order valence-electron chi connectivity index (χ1n) is 7.07. The second-order valence-corrected chi connectivity index (χ2v) is 7.59. The first-order chi connectivity index (χ1) is 9.86. The van der Waals surface area contributed by atoms with Gasteiger partial charge in [0.1, 0.15) is 6.07 Å². The van der Waals surface area contributed by atoms with Crippen LogP contribution < -0.4 is 4.72 Å². The van der Waals surface area contributed by atoms with Gasteiger partial charge in [-0.1, -0.05) is 31.9 Å². The van der Waals surface area contributed by atoms with Crippen LogP contribution in [0.3, 0.4) is 0 Å². The Morgan fingerprint density at radius 2 is 2.19 bits per heavy atom. The van der Waals surface area contributed by atoms with Gasteiger partial charge in [-0.15, -0.1) is 0 Å². The van der Waals surface area contributed by atoms with Crippen LogP contribution in [0.2, 0.25) is 0 Å². The van der Waals surface area contributed by atoms with Crippen LogP contribution in [-0.4, -0.2) is 25.7 Å². The molecular formula is C15H20N2O3S. The molecule has 0 radical (unpaired) electrons. The highest BCUT2D eigenvalue weighted by atomic mass is 32.2. The number of nitrogens with zero attached hydrogens (tertiary/aromatic N) is 1. The van der Waals surface area contributed by atoms with Crippen LogP contribution in [0.25, 0.3) is 0 Å². The lowest BCUT2D eigenvalue weighted by Crippen LogP contribution is -2.45. The Bertz CT molecular complexity index is 651. The van der Waals surface area contributed by atoms with Crippen molar-refractivity contribution in [2.24, 2.45) is 5.92 Å². The van der Waals surface area contributed by atoms with Gasteiger partial charge in [-0.25, -0.2) is 13.1 Å². The van der Waals surface area contributed by atoms with Gasteiger partial charge in [0.25, 0.3) is 0 Å². The second-order valence-electron chi connectivity index (χ2n) is 5.86. The van der Waals surface area contributed by atoms with E-state index in [-0.39, 0.29) is 17.0 Å². The van der Waals surface area contributed by atoms with Crippen molar-refractivity contribution in [1.29, 1.82) is 5.26 Å². The van der Waals surface area contributed by atoms with Crippen molar-refractivity contribution in [3.63, 3.8) is 0 Å². The Morgan fingerprint density at radius 1 is 1.48 bits per heavy atom. The number of hydrogen-bond donors (Lipinski definition) is 2. The molecule has 0 amide bonds. The third-order valence-electron chi connectivity index (χ3n) is 3.96. The van der Waals surface area contributed by atoms with Gasteiger partial charge in [-0.2, -0.15) is 5.26 Å². The predicted molar refractivity (Wildman–Crippen MR) is 78.9 cm³/mol. The molecule has 0 heterocycles. The van der Waals surface area contributed by atoms with E-state index in [1.54, 1.807) is 12.1 Å². The summed E-state index contributed by atoms with van der Waals surface area (Å²) in [5.41, 5.74) is -0.888. The summed E-state index contributed by atoms with van der Waals surface area (Å²) in [7, 11) is -3.79. The molecule has 1 aliphatic rings. The van der Waals surface area contributed by atoms with Gasteiger partial charge < -0.3 is 5.11 Å². The summed E-state index contributed by atoms with van der Waals surface area (Å²) >= 11 is 0. The number of aliphatic hydroxyl groups is 1. The van der Waals surface area contributed by atoms with Crippen molar-refractivity contribution >= 4 is 10.0 Å². The van der Waals surface area contributed by atoms with E-state index in [0.717, 1.165) is 12.8 Å². The minimum atomic E-state index is -3.79. The van der Waals surface area contributed by atoms with Crippen LogP contribution in [-0.2, 0) is 10.0 Å². The van der Waals surface area contributed by atoms with Gasteiger partial charge in [0.2, 0.25) is 10.0 Å². The summed E-state index contributed by atoms with van der Waals surface area (Å²) in [5.74, 6) is 0.389. The number of benzene rings is 1. The van der Waals surface area contributed by atoms with Gasteiger partial charge in [-0.3, -0.25) is 0 Å². The van der Waals surface area contributed by atoms with Crippen molar-refractivity contribution < 1.29 is 13.5 Å². The van der Waals surface area contributed by atoms with Crippen LogP contribution in [0, 0.1) is 17.2 Å². The standard InChI is InChI=1S/C15H20N2O3S/c1-12-5-4-8-15(18,9-12)11-17-21(19,20)14-7-3-2-6-13(14)10-16/h2-3,6-7,12,17-18H,4-5,8-9,11H2,1H3. The lowest BCUT2D eigenvalue weighted by molar-refractivity contribution is -0.00751. The zero-order valence-electron chi connectivity index (χ0n) is 12.0. The molecule has 114 valence electrons. The number of hydrogen-bond acceptors (Lipinski definition) is 4. The van der Waals surface area contributed by atoms with Crippen LogP contribution in [0.4, 0.5) is 0 Å². The number of nitrogens with one attached hydrogen (secondary N) is 1. The Labute approximate surface area is 125 Å². The molecule has 1 saturated carbocycles. The van der Waals surface area contributed by atoms with E-state index in [4.69, 9.17) is 5.26 Å². The summed E-state index contributed by atoms with van der Waals surface area (Å²) in [4.78, 5) is -0.0417. The van der Waals surface area contributed by atoms with Crippen molar-refractivity contribution in [3.8, 4) is 6.07 Å². The van der Waals surface area contributed by atoms with E-state index < -0.39 is 15.6 Å². The molecule has 2 unspecified atom stereocenters.